The van der Waals surface area contributed by atoms with Crippen LogP contribution >= 0.6 is 0 Å². The maximum Gasteiger partial charge on any atom is 0.311 e. The average molecular weight is 477 g/mol. The molecule has 0 spiro atoms. The number of hydrogen-bond donors (Lipinski definition) is 2. The van der Waals surface area contributed by atoms with Crippen molar-refractivity contribution in [2.45, 2.75) is 104 Å². The standard InChI is InChI=1S/C26H40N2O6/c1-23(2)13-19(25(5,6)27(23)31)21(29)33-15-17-9-11-18(12-10-17)16-34-22(30)20-14-24(3,4)28(32)26(20,7)8/h9-12,19-20,31-32H,13-16H2,1-8H3. The highest BCUT2D eigenvalue weighted by Crippen LogP contribution is 2.45. The molecule has 1 aromatic carbocycles. The topological polar surface area (TPSA) is 99.5 Å². The van der Waals surface area contributed by atoms with Crippen LogP contribution in [0.5, 0.6) is 0 Å². The number of carbonyl (C=O) groups is 2. The zero-order valence-electron chi connectivity index (χ0n) is 21.7. The molecule has 2 N–H and O–H groups in total. The van der Waals surface area contributed by atoms with Crippen LogP contribution in [-0.2, 0) is 32.3 Å². The van der Waals surface area contributed by atoms with Gasteiger partial charge in [0.2, 0.25) is 0 Å². The van der Waals surface area contributed by atoms with Gasteiger partial charge in [-0.2, -0.15) is 10.1 Å². The molecule has 2 saturated heterocycles. The van der Waals surface area contributed by atoms with E-state index in [0.29, 0.717) is 12.8 Å². The summed E-state index contributed by atoms with van der Waals surface area (Å²) in [4.78, 5) is 25.4. The van der Waals surface area contributed by atoms with Gasteiger partial charge in [0, 0.05) is 11.1 Å². The Morgan fingerprint density at radius 2 is 1.03 bits per heavy atom. The molecule has 2 heterocycles. The van der Waals surface area contributed by atoms with Crippen LogP contribution in [0.1, 0.15) is 79.4 Å². The number of benzene rings is 1. The molecule has 2 unspecified atom stereocenters. The first kappa shape index (κ1) is 26.6. The van der Waals surface area contributed by atoms with Crippen molar-refractivity contribution < 1.29 is 29.5 Å². The first-order valence-electron chi connectivity index (χ1n) is 11.9. The number of nitrogens with zero attached hydrogens (tertiary/aromatic N) is 2. The Bertz CT molecular complexity index is 847. The first-order chi connectivity index (χ1) is 15.5. The second-order valence-corrected chi connectivity index (χ2v) is 12.1. The van der Waals surface area contributed by atoms with E-state index in [-0.39, 0.29) is 25.2 Å². The summed E-state index contributed by atoms with van der Waals surface area (Å²) in [6, 6.07) is 7.38. The molecule has 0 aromatic heterocycles. The molecule has 2 aliphatic heterocycles. The van der Waals surface area contributed by atoms with Crippen molar-refractivity contribution in [2.75, 3.05) is 0 Å². The zero-order chi connectivity index (χ0) is 25.7. The number of hydroxylamine groups is 4. The Labute approximate surface area is 202 Å². The lowest BCUT2D eigenvalue weighted by atomic mass is 9.87. The molecule has 8 nitrogen and oxygen atoms in total. The third-order valence-corrected chi connectivity index (χ3v) is 7.71. The SMILES string of the molecule is CC1(C)CC(C(=O)OCc2ccc(COC(=O)C3CC(C)(C)N(O)C3(C)C)cc2)C(C)(C)N1O. The minimum atomic E-state index is -0.704. The Hall–Kier alpha value is -2.00. The van der Waals surface area contributed by atoms with Crippen LogP contribution < -0.4 is 0 Å². The molecule has 2 atom stereocenters. The van der Waals surface area contributed by atoms with Gasteiger partial charge in [0.1, 0.15) is 13.2 Å². The maximum atomic E-state index is 12.7. The molecule has 0 amide bonds. The van der Waals surface area contributed by atoms with Gasteiger partial charge < -0.3 is 19.9 Å². The fraction of sp³-hybridized carbons (Fsp3) is 0.692. The van der Waals surface area contributed by atoms with Crippen LogP contribution in [0.25, 0.3) is 0 Å². The molecule has 190 valence electrons. The van der Waals surface area contributed by atoms with Crippen LogP contribution in [-0.4, -0.2) is 54.6 Å². The number of ether oxygens (including phenoxy) is 2. The average Bonchev–Trinajstić information content (AvgIpc) is 3.03. The van der Waals surface area contributed by atoms with Gasteiger partial charge >= 0.3 is 11.9 Å². The van der Waals surface area contributed by atoms with Crippen molar-refractivity contribution in [1.82, 2.24) is 10.1 Å². The molecule has 0 saturated carbocycles. The van der Waals surface area contributed by atoms with Gasteiger partial charge in [0.05, 0.1) is 22.9 Å². The monoisotopic (exact) mass is 476 g/mol. The van der Waals surface area contributed by atoms with Gasteiger partial charge in [0.15, 0.2) is 0 Å². The summed E-state index contributed by atoms with van der Waals surface area (Å²) in [5, 5.41) is 23.4. The smallest absolute Gasteiger partial charge is 0.311 e. The van der Waals surface area contributed by atoms with E-state index in [1.54, 1.807) is 0 Å². The predicted molar refractivity (Wildman–Crippen MR) is 126 cm³/mol. The second kappa shape index (κ2) is 8.90. The molecule has 0 bridgehead atoms. The normalized spacial score (nSPS) is 27.5. The van der Waals surface area contributed by atoms with Crippen molar-refractivity contribution in [3.8, 4) is 0 Å². The zero-order valence-corrected chi connectivity index (χ0v) is 21.7. The Kier molecular flexibility index (Phi) is 6.96. The van der Waals surface area contributed by atoms with Crippen molar-refractivity contribution >= 4 is 11.9 Å². The minimum absolute atomic E-state index is 0.134. The van der Waals surface area contributed by atoms with Gasteiger partial charge in [-0.1, -0.05) is 24.3 Å². The van der Waals surface area contributed by atoms with Gasteiger partial charge in [-0.3, -0.25) is 9.59 Å². The molecule has 3 rings (SSSR count). The van der Waals surface area contributed by atoms with Crippen LogP contribution in [0.4, 0.5) is 0 Å². The number of rotatable bonds is 6. The molecular formula is C26H40N2O6. The summed E-state index contributed by atoms with van der Waals surface area (Å²) < 4.78 is 11.1. The van der Waals surface area contributed by atoms with Gasteiger partial charge in [-0.05, 0) is 79.4 Å². The third-order valence-electron chi connectivity index (χ3n) is 7.71. The van der Waals surface area contributed by atoms with Crippen molar-refractivity contribution in [2.24, 2.45) is 11.8 Å². The highest BCUT2D eigenvalue weighted by atomic mass is 16.5. The Morgan fingerprint density at radius 3 is 1.26 bits per heavy atom. The lowest BCUT2D eigenvalue weighted by molar-refractivity contribution is -0.200. The summed E-state index contributed by atoms with van der Waals surface area (Å²) >= 11 is 0. The summed E-state index contributed by atoms with van der Waals surface area (Å²) in [6.07, 6.45) is 1.03. The van der Waals surface area contributed by atoms with Gasteiger partial charge in [-0.25, -0.2) is 0 Å². The van der Waals surface area contributed by atoms with E-state index in [2.05, 4.69) is 0 Å². The van der Waals surface area contributed by atoms with E-state index in [1.165, 1.54) is 10.1 Å². The fourth-order valence-corrected chi connectivity index (χ4v) is 5.51. The van der Waals surface area contributed by atoms with E-state index in [4.69, 9.17) is 9.47 Å². The maximum absolute atomic E-state index is 12.7. The van der Waals surface area contributed by atoms with Crippen LogP contribution in [0.15, 0.2) is 24.3 Å². The third kappa shape index (κ3) is 4.87. The van der Waals surface area contributed by atoms with Gasteiger partial charge in [0.25, 0.3) is 0 Å². The van der Waals surface area contributed by atoms with E-state index in [9.17, 15) is 20.0 Å². The minimum Gasteiger partial charge on any atom is -0.461 e. The lowest BCUT2D eigenvalue weighted by Gasteiger charge is -2.35. The van der Waals surface area contributed by atoms with E-state index in [0.717, 1.165) is 11.1 Å². The Morgan fingerprint density at radius 1 is 0.735 bits per heavy atom. The van der Waals surface area contributed by atoms with E-state index >= 15 is 0 Å². The second-order valence-electron chi connectivity index (χ2n) is 12.1. The Balaban J connectivity index is 1.52. The van der Waals surface area contributed by atoms with Crippen molar-refractivity contribution in [3.63, 3.8) is 0 Å². The van der Waals surface area contributed by atoms with Gasteiger partial charge in [-0.15, -0.1) is 0 Å². The van der Waals surface area contributed by atoms with Crippen molar-refractivity contribution in [3.05, 3.63) is 35.4 Å². The molecule has 34 heavy (non-hydrogen) atoms. The van der Waals surface area contributed by atoms with Crippen molar-refractivity contribution in [1.29, 1.82) is 0 Å². The first-order valence-corrected chi connectivity index (χ1v) is 11.9. The molecule has 8 heteroatoms. The lowest BCUT2D eigenvalue weighted by Crippen LogP contribution is -2.48. The summed E-state index contributed by atoms with van der Waals surface area (Å²) in [7, 11) is 0. The van der Waals surface area contributed by atoms with Crippen LogP contribution in [0, 0.1) is 11.8 Å². The van der Waals surface area contributed by atoms with E-state index < -0.39 is 34.0 Å². The summed E-state index contributed by atoms with van der Waals surface area (Å²) in [6.45, 7) is 15.3. The molecule has 0 aliphatic carbocycles. The predicted octanol–water partition coefficient (Wildman–Crippen LogP) is 4.31. The fourth-order valence-electron chi connectivity index (χ4n) is 5.51. The number of hydrogen-bond acceptors (Lipinski definition) is 8. The number of esters is 2. The molecule has 1 aromatic rings. The van der Waals surface area contributed by atoms with Crippen LogP contribution in [0.2, 0.25) is 0 Å². The molecule has 0 radical (unpaired) electrons. The molecular weight excluding hydrogens is 436 g/mol. The highest BCUT2D eigenvalue weighted by molar-refractivity contribution is 5.75. The van der Waals surface area contributed by atoms with E-state index in [1.807, 2.05) is 79.7 Å². The quantitative estimate of drug-likeness (QED) is 0.586. The highest BCUT2D eigenvalue weighted by Gasteiger charge is 2.56. The molecule has 2 aliphatic rings. The molecule has 2 fully saturated rings. The summed E-state index contributed by atoms with van der Waals surface area (Å²) in [5.41, 5.74) is -0.742. The largest absolute Gasteiger partial charge is 0.461 e. The summed E-state index contributed by atoms with van der Waals surface area (Å²) in [5.74, 6) is -1.50. The van der Waals surface area contributed by atoms with Crippen LogP contribution in [0.3, 0.4) is 0 Å². The number of carbonyl (C=O) groups excluding carboxylic acids is 2.